The van der Waals surface area contributed by atoms with Gasteiger partial charge in [-0.25, -0.2) is 0 Å². The molecule has 1 fully saturated rings. The molecular formula is C11H11BrN2OS. The fourth-order valence-electron chi connectivity index (χ4n) is 2.19. The van der Waals surface area contributed by atoms with Gasteiger partial charge < -0.3 is 14.3 Å². The molecule has 0 saturated carbocycles. The molecule has 0 amide bonds. The summed E-state index contributed by atoms with van der Waals surface area (Å²) in [5.74, 6) is 0. The molecule has 0 radical (unpaired) electrons. The van der Waals surface area contributed by atoms with Gasteiger partial charge >= 0.3 is 0 Å². The van der Waals surface area contributed by atoms with Crippen LogP contribution < -0.4 is 0 Å². The van der Waals surface area contributed by atoms with Crippen LogP contribution in [0, 0.1) is 4.77 Å². The number of imidazole rings is 1. The minimum atomic E-state index is 0.377. The number of halogens is 1. The first-order valence-electron chi connectivity index (χ1n) is 5.23. The van der Waals surface area contributed by atoms with E-state index in [-0.39, 0.29) is 0 Å². The van der Waals surface area contributed by atoms with Crippen LogP contribution in [0.3, 0.4) is 0 Å². The van der Waals surface area contributed by atoms with Crippen LogP contribution in [0.2, 0.25) is 0 Å². The van der Waals surface area contributed by atoms with E-state index in [4.69, 9.17) is 17.0 Å². The zero-order chi connectivity index (χ0) is 11.1. The van der Waals surface area contributed by atoms with Crippen molar-refractivity contribution >= 4 is 39.2 Å². The van der Waals surface area contributed by atoms with Crippen molar-refractivity contribution < 1.29 is 4.74 Å². The molecule has 1 aromatic heterocycles. The Morgan fingerprint density at radius 1 is 1.50 bits per heavy atom. The first-order chi connectivity index (χ1) is 7.75. The Hall–Kier alpha value is -0.650. The summed E-state index contributed by atoms with van der Waals surface area (Å²) in [7, 11) is 0. The highest BCUT2D eigenvalue weighted by Gasteiger charge is 2.20. The molecule has 1 aliphatic heterocycles. The van der Waals surface area contributed by atoms with Crippen LogP contribution in [-0.2, 0) is 4.74 Å². The quantitative estimate of drug-likeness (QED) is 0.818. The summed E-state index contributed by atoms with van der Waals surface area (Å²) in [6.07, 6.45) is 1.04. The molecule has 1 N–H and O–H groups in total. The van der Waals surface area contributed by atoms with Crippen molar-refractivity contribution in [1.29, 1.82) is 0 Å². The lowest BCUT2D eigenvalue weighted by Gasteiger charge is -2.10. The Labute approximate surface area is 107 Å². The maximum atomic E-state index is 5.42. The van der Waals surface area contributed by atoms with Gasteiger partial charge in [-0.05, 0) is 36.8 Å². The number of nitrogens with zero attached hydrogens (tertiary/aromatic N) is 1. The van der Waals surface area contributed by atoms with E-state index in [2.05, 4.69) is 37.6 Å². The number of H-pyrrole nitrogens is 1. The van der Waals surface area contributed by atoms with E-state index in [1.54, 1.807) is 0 Å². The van der Waals surface area contributed by atoms with E-state index in [1.807, 2.05) is 6.07 Å². The third-order valence-corrected chi connectivity index (χ3v) is 3.74. The van der Waals surface area contributed by atoms with Crippen LogP contribution in [0.5, 0.6) is 0 Å². The van der Waals surface area contributed by atoms with Crippen molar-refractivity contribution in [2.45, 2.75) is 12.5 Å². The van der Waals surface area contributed by atoms with Crippen molar-refractivity contribution in [2.75, 3.05) is 13.2 Å². The predicted octanol–water partition coefficient (Wildman–Crippen LogP) is 3.42. The van der Waals surface area contributed by atoms with Crippen molar-refractivity contribution in [3.05, 3.63) is 27.4 Å². The Kier molecular flexibility index (Phi) is 2.61. The molecule has 0 spiro atoms. The van der Waals surface area contributed by atoms with Gasteiger partial charge in [-0.2, -0.15) is 0 Å². The zero-order valence-corrected chi connectivity index (χ0v) is 11.0. The van der Waals surface area contributed by atoms with Gasteiger partial charge in [0.1, 0.15) is 0 Å². The maximum absolute atomic E-state index is 5.42. The van der Waals surface area contributed by atoms with Crippen LogP contribution >= 0.6 is 28.1 Å². The monoisotopic (exact) mass is 298 g/mol. The first-order valence-corrected chi connectivity index (χ1v) is 6.43. The van der Waals surface area contributed by atoms with Crippen molar-refractivity contribution in [3.63, 3.8) is 0 Å². The average Bonchev–Trinajstić information content (AvgIpc) is 2.83. The molecule has 3 nitrogen and oxygen atoms in total. The largest absolute Gasteiger partial charge is 0.379 e. The molecule has 1 atom stereocenters. The molecule has 1 aromatic carbocycles. The number of benzene rings is 1. The van der Waals surface area contributed by atoms with E-state index in [1.165, 1.54) is 0 Å². The third-order valence-electron chi connectivity index (χ3n) is 2.95. The van der Waals surface area contributed by atoms with Gasteiger partial charge in [0.15, 0.2) is 4.77 Å². The molecule has 1 saturated heterocycles. The van der Waals surface area contributed by atoms with E-state index in [0.29, 0.717) is 6.04 Å². The zero-order valence-electron chi connectivity index (χ0n) is 8.57. The summed E-state index contributed by atoms with van der Waals surface area (Å²) in [6, 6.07) is 6.56. The summed E-state index contributed by atoms with van der Waals surface area (Å²) < 4.78 is 9.43. The lowest BCUT2D eigenvalue weighted by molar-refractivity contribution is 0.187. The normalized spacial score (nSPS) is 20.7. The van der Waals surface area contributed by atoms with Crippen LogP contribution in [-0.4, -0.2) is 22.8 Å². The molecule has 1 aliphatic rings. The molecule has 3 rings (SSSR count). The first kappa shape index (κ1) is 10.5. The number of aromatic amines is 1. The number of rotatable bonds is 1. The Morgan fingerprint density at radius 3 is 3.12 bits per heavy atom. The fourth-order valence-corrected chi connectivity index (χ4v) is 2.91. The van der Waals surface area contributed by atoms with Crippen LogP contribution in [0.4, 0.5) is 0 Å². The van der Waals surface area contributed by atoms with Gasteiger partial charge in [-0.1, -0.05) is 15.9 Å². The number of aromatic nitrogens is 2. The van der Waals surface area contributed by atoms with Crippen LogP contribution in [0.15, 0.2) is 22.7 Å². The Bertz CT molecular complexity index is 583. The summed E-state index contributed by atoms with van der Waals surface area (Å²) in [4.78, 5) is 3.24. The number of fused-ring (bicyclic) bond motifs is 1. The lowest BCUT2D eigenvalue weighted by Crippen LogP contribution is -2.08. The van der Waals surface area contributed by atoms with E-state index >= 15 is 0 Å². The highest BCUT2D eigenvalue weighted by Crippen LogP contribution is 2.26. The second kappa shape index (κ2) is 3.98. The molecular weight excluding hydrogens is 288 g/mol. The highest BCUT2D eigenvalue weighted by atomic mass is 79.9. The molecule has 5 heteroatoms. The molecule has 1 unspecified atom stereocenters. The summed E-state index contributed by atoms with van der Waals surface area (Å²) >= 11 is 8.83. The molecule has 16 heavy (non-hydrogen) atoms. The van der Waals surface area contributed by atoms with Crippen LogP contribution in [0.1, 0.15) is 12.5 Å². The second-order valence-electron chi connectivity index (χ2n) is 3.98. The summed E-state index contributed by atoms with van der Waals surface area (Å²) in [5, 5.41) is 0. The van der Waals surface area contributed by atoms with E-state index in [9.17, 15) is 0 Å². The van der Waals surface area contributed by atoms with Crippen molar-refractivity contribution in [3.8, 4) is 0 Å². The number of ether oxygens (including phenoxy) is 1. The number of hydrogen-bond donors (Lipinski definition) is 1. The topological polar surface area (TPSA) is 29.9 Å². The molecule has 0 aliphatic carbocycles. The van der Waals surface area contributed by atoms with Gasteiger partial charge in [0.25, 0.3) is 0 Å². The third kappa shape index (κ3) is 1.63. The maximum Gasteiger partial charge on any atom is 0.178 e. The SMILES string of the molecule is S=c1[nH]c2cc(Br)ccc2n1C1CCOC1. The Balaban J connectivity index is 2.23. The van der Waals surface area contributed by atoms with Gasteiger partial charge in [0, 0.05) is 11.1 Å². The number of hydrogen-bond acceptors (Lipinski definition) is 2. The van der Waals surface area contributed by atoms with E-state index in [0.717, 1.165) is 39.9 Å². The van der Waals surface area contributed by atoms with Gasteiger partial charge in [-0.3, -0.25) is 0 Å². The molecule has 0 bridgehead atoms. The average molecular weight is 299 g/mol. The van der Waals surface area contributed by atoms with Crippen molar-refractivity contribution in [1.82, 2.24) is 9.55 Å². The van der Waals surface area contributed by atoms with Crippen LogP contribution in [0.25, 0.3) is 11.0 Å². The minimum absolute atomic E-state index is 0.377. The Morgan fingerprint density at radius 2 is 2.38 bits per heavy atom. The van der Waals surface area contributed by atoms with Gasteiger partial charge in [0.2, 0.25) is 0 Å². The summed E-state index contributed by atoms with van der Waals surface area (Å²) in [6.45, 7) is 1.59. The molecule has 84 valence electrons. The molecule has 2 heterocycles. The van der Waals surface area contributed by atoms with Crippen molar-refractivity contribution in [2.24, 2.45) is 0 Å². The molecule has 2 aromatic rings. The van der Waals surface area contributed by atoms with E-state index < -0.39 is 0 Å². The summed E-state index contributed by atoms with van der Waals surface area (Å²) in [5.41, 5.74) is 2.23. The fraction of sp³-hybridized carbons (Fsp3) is 0.364. The minimum Gasteiger partial charge on any atom is -0.379 e. The number of nitrogens with one attached hydrogen (secondary N) is 1. The predicted molar refractivity (Wildman–Crippen MR) is 69.3 cm³/mol. The van der Waals surface area contributed by atoms with Gasteiger partial charge in [-0.15, -0.1) is 0 Å². The standard InChI is InChI=1S/C11H11BrN2OS/c12-7-1-2-10-9(5-7)13-11(16)14(10)8-3-4-15-6-8/h1-2,5,8H,3-4,6H2,(H,13,16). The smallest absolute Gasteiger partial charge is 0.178 e. The second-order valence-corrected chi connectivity index (χ2v) is 5.28. The van der Waals surface area contributed by atoms with Gasteiger partial charge in [0.05, 0.1) is 23.7 Å². The lowest BCUT2D eigenvalue weighted by atomic mass is 10.2. The highest BCUT2D eigenvalue weighted by molar-refractivity contribution is 9.10.